The molecule has 0 atom stereocenters. The Bertz CT molecular complexity index is 452. The molecule has 1 heterocycles. The predicted molar refractivity (Wildman–Crippen MR) is 65.4 cm³/mol. The monoisotopic (exact) mass is 248 g/mol. The van der Waals surface area contributed by atoms with Crippen LogP contribution < -0.4 is 0 Å². The van der Waals surface area contributed by atoms with Gasteiger partial charge in [-0.05, 0) is 19.1 Å². The molecule has 0 aliphatic rings. The van der Waals surface area contributed by atoms with E-state index in [9.17, 15) is 4.79 Å². The van der Waals surface area contributed by atoms with E-state index in [1.165, 1.54) is 17.8 Å². The molecule has 0 N–H and O–H groups in total. The molecule has 0 spiro atoms. The van der Waals surface area contributed by atoms with Crippen LogP contribution in [-0.2, 0) is 9.53 Å². The van der Waals surface area contributed by atoms with Crippen LogP contribution in [0.5, 0.6) is 0 Å². The van der Waals surface area contributed by atoms with Gasteiger partial charge in [0, 0.05) is 18.0 Å². The molecule has 0 unspecified atom stereocenters. The lowest BCUT2D eigenvalue weighted by atomic mass is 10.3. The second-order valence-corrected chi connectivity index (χ2v) is 4.00. The third-order valence-corrected chi connectivity index (χ3v) is 2.61. The van der Waals surface area contributed by atoms with Crippen LogP contribution in [0.3, 0.4) is 0 Å². The highest BCUT2D eigenvalue weighted by atomic mass is 32.2. The molecule has 0 saturated carbocycles. The Balaban J connectivity index is 2.41. The van der Waals surface area contributed by atoms with Gasteiger partial charge >= 0.3 is 5.97 Å². The SMILES string of the molecule is CCOC(=O)/C=C/CSc1cc(C#N)ccn1. The van der Waals surface area contributed by atoms with Crippen LogP contribution in [0.25, 0.3) is 0 Å². The van der Waals surface area contributed by atoms with E-state index in [1.807, 2.05) is 6.07 Å². The normalized spacial score (nSPS) is 10.1. The van der Waals surface area contributed by atoms with Gasteiger partial charge in [-0.15, -0.1) is 11.8 Å². The summed E-state index contributed by atoms with van der Waals surface area (Å²) in [5, 5.41) is 9.46. The zero-order chi connectivity index (χ0) is 12.5. The molecule has 1 aromatic heterocycles. The fourth-order valence-electron chi connectivity index (χ4n) is 1.03. The summed E-state index contributed by atoms with van der Waals surface area (Å²) < 4.78 is 4.74. The van der Waals surface area contributed by atoms with Crippen molar-refractivity contribution in [3.63, 3.8) is 0 Å². The van der Waals surface area contributed by atoms with E-state index in [2.05, 4.69) is 4.98 Å². The number of hydrogen-bond acceptors (Lipinski definition) is 5. The summed E-state index contributed by atoms with van der Waals surface area (Å²) in [5.41, 5.74) is 0.580. The number of pyridine rings is 1. The van der Waals surface area contributed by atoms with Gasteiger partial charge in [-0.25, -0.2) is 9.78 Å². The van der Waals surface area contributed by atoms with E-state index in [4.69, 9.17) is 10.00 Å². The van der Waals surface area contributed by atoms with Crippen LogP contribution in [0.15, 0.2) is 35.5 Å². The van der Waals surface area contributed by atoms with Crippen LogP contribution in [0, 0.1) is 11.3 Å². The fraction of sp³-hybridized carbons (Fsp3) is 0.250. The molecular formula is C12H12N2O2S. The number of thioether (sulfide) groups is 1. The predicted octanol–water partition coefficient (Wildman–Crippen LogP) is 2.16. The first kappa shape index (κ1) is 13.3. The molecule has 0 fully saturated rings. The van der Waals surface area contributed by atoms with Crippen molar-refractivity contribution in [1.29, 1.82) is 5.26 Å². The summed E-state index contributed by atoms with van der Waals surface area (Å²) >= 11 is 1.45. The second-order valence-electron chi connectivity index (χ2n) is 2.96. The van der Waals surface area contributed by atoms with Crippen LogP contribution in [0.1, 0.15) is 12.5 Å². The van der Waals surface area contributed by atoms with Crippen molar-refractivity contribution in [3.8, 4) is 6.07 Å². The molecular weight excluding hydrogens is 236 g/mol. The summed E-state index contributed by atoms with van der Waals surface area (Å²) in [6, 6.07) is 5.41. The van der Waals surface area contributed by atoms with E-state index in [-0.39, 0.29) is 5.97 Å². The number of ether oxygens (including phenoxy) is 1. The van der Waals surface area contributed by atoms with Gasteiger partial charge in [-0.3, -0.25) is 0 Å². The van der Waals surface area contributed by atoms with Crippen LogP contribution in [-0.4, -0.2) is 23.3 Å². The van der Waals surface area contributed by atoms with Gasteiger partial charge in [0.15, 0.2) is 0 Å². The Morgan fingerprint density at radius 2 is 2.53 bits per heavy atom. The van der Waals surface area contributed by atoms with Gasteiger partial charge in [0.25, 0.3) is 0 Å². The molecule has 88 valence electrons. The average Bonchev–Trinajstić information content (AvgIpc) is 2.35. The first-order chi connectivity index (χ1) is 8.26. The maximum Gasteiger partial charge on any atom is 0.330 e. The first-order valence-corrected chi connectivity index (χ1v) is 6.07. The average molecular weight is 248 g/mol. The summed E-state index contributed by atoms with van der Waals surface area (Å²) in [7, 11) is 0. The molecule has 0 aliphatic heterocycles. The highest BCUT2D eigenvalue weighted by molar-refractivity contribution is 7.99. The Morgan fingerprint density at radius 1 is 1.71 bits per heavy atom. The molecule has 0 aliphatic carbocycles. The van der Waals surface area contributed by atoms with E-state index < -0.39 is 0 Å². The number of hydrogen-bond donors (Lipinski definition) is 0. The molecule has 17 heavy (non-hydrogen) atoms. The van der Waals surface area contributed by atoms with Crippen molar-refractivity contribution in [3.05, 3.63) is 36.0 Å². The smallest absolute Gasteiger partial charge is 0.330 e. The Labute approximate surface area is 104 Å². The maximum atomic E-state index is 11.0. The van der Waals surface area contributed by atoms with E-state index in [1.54, 1.807) is 31.3 Å². The summed E-state index contributed by atoms with van der Waals surface area (Å²) in [5.74, 6) is 0.271. The molecule has 5 heteroatoms. The third kappa shape index (κ3) is 5.18. The zero-order valence-corrected chi connectivity index (χ0v) is 10.2. The number of esters is 1. The van der Waals surface area contributed by atoms with Crippen LogP contribution in [0.2, 0.25) is 0 Å². The number of aromatic nitrogens is 1. The standard InChI is InChI=1S/C12H12N2O2S/c1-2-16-12(15)4-3-7-17-11-8-10(9-13)5-6-14-11/h3-6,8H,2,7H2,1H3/b4-3+. The lowest BCUT2D eigenvalue weighted by Gasteiger charge is -1.97. The van der Waals surface area contributed by atoms with E-state index >= 15 is 0 Å². The van der Waals surface area contributed by atoms with Gasteiger partial charge < -0.3 is 4.74 Å². The quantitative estimate of drug-likeness (QED) is 0.454. The van der Waals surface area contributed by atoms with Crippen LogP contribution in [0.4, 0.5) is 0 Å². The number of rotatable bonds is 5. The molecule has 0 saturated heterocycles. The van der Waals surface area contributed by atoms with Crippen molar-refractivity contribution in [1.82, 2.24) is 4.98 Å². The van der Waals surface area contributed by atoms with Gasteiger partial charge in [-0.1, -0.05) is 6.08 Å². The second kappa shape index (κ2) is 7.47. The van der Waals surface area contributed by atoms with E-state index in [0.29, 0.717) is 17.9 Å². The summed E-state index contributed by atoms with van der Waals surface area (Å²) in [4.78, 5) is 15.1. The number of nitrogens with zero attached hydrogens (tertiary/aromatic N) is 2. The molecule has 1 rings (SSSR count). The van der Waals surface area contributed by atoms with Gasteiger partial charge in [0.1, 0.15) is 0 Å². The van der Waals surface area contributed by atoms with Crippen molar-refractivity contribution >= 4 is 17.7 Å². The molecule has 0 amide bonds. The highest BCUT2D eigenvalue weighted by Crippen LogP contribution is 2.15. The summed E-state index contributed by atoms with van der Waals surface area (Å²) in [6.07, 6.45) is 4.70. The van der Waals surface area contributed by atoms with Crippen molar-refractivity contribution in [2.75, 3.05) is 12.4 Å². The number of carbonyl (C=O) groups excluding carboxylic acids is 1. The van der Waals surface area contributed by atoms with Crippen molar-refractivity contribution in [2.45, 2.75) is 11.9 Å². The number of nitriles is 1. The topological polar surface area (TPSA) is 63.0 Å². The first-order valence-electron chi connectivity index (χ1n) is 5.08. The summed E-state index contributed by atoms with van der Waals surface area (Å²) in [6.45, 7) is 2.14. The minimum absolute atomic E-state index is 0.341. The number of carbonyl (C=O) groups is 1. The molecule has 0 radical (unpaired) electrons. The Morgan fingerprint density at radius 3 is 3.24 bits per heavy atom. The minimum atomic E-state index is -0.341. The lowest BCUT2D eigenvalue weighted by molar-refractivity contribution is -0.137. The third-order valence-electron chi connectivity index (χ3n) is 1.73. The van der Waals surface area contributed by atoms with Crippen molar-refractivity contribution < 1.29 is 9.53 Å². The van der Waals surface area contributed by atoms with E-state index in [0.717, 1.165) is 5.03 Å². The molecule has 4 nitrogen and oxygen atoms in total. The largest absolute Gasteiger partial charge is 0.463 e. The fourth-order valence-corrected chi connectivity index (χ4v) is 1.74. The molecule has 1 aromatic rings. The van der Waals surface area contributed by atoms with Gasteiger partial charge in [0.05, 0.1) is 23.3 Å². The molecule has 0 bridgehead atoms. The van der Waals surface area contributed by atoms with Gasteiger partial charge in [0.2, 0.25) is 0 Å². The molecule has 0 aromatic carbocycles. The zero-order valence-electron chi connectivity index (χ0n) is 9.42. The maximum absolute atomic E-state index is 11.0. The Hall–Kier alpha value is -1.80. The van der Waals surface area contributed by atoms with Crippen LogP contribution >= 0.6 is 11.8 Å². The lowest BCUT2D eigenvalue weighted by Crippen LogP contribution is -1.98. The minimum Gasteiger partial charge on any atom is -0.463 e. The Kier molecular flexibility index (Phi) is 5.83. The highest BCUT2D eigenvalue weighted by Gasteiger charge is 1.97. The van der Waals surface area contributed by atoms with Crippen molar-refractivity contribution in [2.24, 2.45) is 0 Å². The van der Waals surface area contributed by atoms with Gasteiger partial charge in [-0.2, -0.15) is 5.26 Å².